The molecule has 0 atom stereocenters. The fraction of sp³-hybridized carbons (Fsp3) is 0.0500. The van der Waals surface area contributed by atoms with Crippen LogP contribution in [0.5, 0.6) is 0 Å². The molecule has 25 heavy (non-hydrogen) atoms. The Labute approximate surface area is 144 Å². The second-order valence-electron chi connectivity index (χ2n) is 5.76. The number of hydrogen-bond donors (Lipinski definition) is 0. The maximum atomic E-state index is 13.1. The molecule has 0 radical (unpaired) electrons. The molecule has 2 heterocycles. The Morgan fingerprint density at radius 1 is 0.880 bits per heavy atom. The first-order valence-electron chi connectivity index (χ1n) is 7.92. The van der Waals surface area contributed by atoms with Crippen LogP contribution in [-0.4, -0.2) is 9.38 Å². The number of halogens is 1. The van der Waals surface area contributed by atoms with Gasteiger partial charge in [0.25, 0.3) is 0 Å². The van der Waals surface area contributed by atoms with Crippen LogP contribution in [0.15, 0.2) is 83.2 Å². The van der Waals surface area contributed by atoms with E-state index in [-0.39, 0.29) is 5.82 Å². The van der Waals surface area contributed by atoms with Gasteiger partial charge in [0, 0.05) is 11.8 Å². The summed E-state index contributed by atoms with van der Waals surface area (Å²) in [6.07, 6.45) is 1.98. The Balaban J connectivity index is 1.87. The third-order valence-electron chi connectivity index (χ3n) is 3.88. The molecular weight excluding hydrogens is 315 g/mol. The van der Waals surface area contributed by atoms with Gasteiger partial charge in [-0.1, -0.05) is 36.4 Å². The molecule has 2 aromatic carbocycles. The molecule has 0 amide bonds. The van der Waals surface area contributed by atoms with Crippen LogP contribution in [-0.2, 0) is 0 Å². The van der Waals surface area contributed by atoms with E-state index in [9.17, 15) is 4.39 Å². The van der Waals surface area contributed by atoms with E-state index in [2.05, 4.69) is 10.2 Å². The standard InChI is InChI=1S/C20H15FN4/c1-14-7-12-18-22-19(15-5-3-2-4-6-15)20(25(18)13-14)24-23-17-10-8-16(21)9-11-17/h2-13H,1H3. The van der Waals surface area contributed by atoms with Crippen molar-refractivity contribution >= 4 is 17.2 Å². The summed E-state index contributed by atoms with van der Waals surface area (Å²) in [5.41, 5.74) is 4.22. The lowest BCUT2D eigenvalue weighted by molar-refractivity contribution is 0.628. The summed E-state index contributed by atoms with van der Waals surface area (Å²) in [5.74, 6) is 0.351. The largest absolute Gasteiger partial charge is 0.282 e. The number of aromatic nitrogens is 2. The van der Waals surface area contributed by atoms with E-state index in [1.807, 2.05) is 60.0 Å². The molecule has 0 fully saturated rings. The highest BCUT2D eigenvalue weighted by Crippen LogP contribution is 2.32. The summed E-state index contributed by atoms with van der Waals surface area (Å²) in [7, 11) is 0. The zero-order valence-corrected chi connectivity index (χ0v) is 13.6. The van der Waals surface area contributed by atoms with Crippen molar-refractivity contribution in [3.63, 3.8) is 0 Å². The van der Waals surface area contributed by atoms with E-state index in [0.29, 0.717) is 11.5 Å². The van der Waals surface area contributed by atoms with E-state index in [0.717, 1.165) is 22.5 Å². The van der Waals surface area contributed by atoms with Gasteiger partial charge in [0.2, 0.25) is 0 Å². The van der Waals surface area contributed by atoms with Crippen molar-refractivity contribution in [3.05, 3.63) is 84.3 Å². The Morgan fingerprint density at radius 3 is 2.40 bits per heavy atom. The van der Waals surface area contributed by atoms with Gasteiger partial charge in [-0.2, -0.15) is 0 Å². The van der Waals surface area contributed by atoms with Gasteiger partial charge in [-0.05, 0) is 42.8 Å². The van der Waals surface area contributed by atoms with Crippen molar-refractivity contribution in [1.29, 1.82) is 0 Å². The predicted molar refractivity (Wildman–Crippen MR) is 95.9 cm³/mol. The lowest BCUT2D eigenvalue weighted by Crippen LogP contribution is -1.85. The highest BCUT2D eigenvalue weighted by molar-refractivity contribution is 5.74. The number of imidazole rings is 1. The number of pyridine rings is 1. The van der Waals surface area contributed by atoms with Gasteiger partial charge in [-0.15, -0.1) is 10.2 Å². The number of nitrogens with zero attached hydrogens (tertiary/aromatic N) is 4. The molecule has 0 unspecified atom stereocenters. The minimum atomic E-state index is -0.297. The van der Waals surface area contributed by atoms with Gasteiger partial charge < -0.3 is 0 Å². The van der Waals surface area contributed by atoms with Crippen LogP contribution in [0.2, 0.25) is 0 Å². The topological polar surface area (TPSA) is 42.0 Å². The molecule has 0 saturated carbocycles. The molecule has 0 saturated heterocycles. The number of aryl methyl sites for hydroxylation is 1. The average Bonchev–Trinajstić information content (AvgIpc) is 3.00. The van der Waals surface area contributed by atoms with Crippen molar-refractivity contribution in [2.75, 3.05) is 0 Å². The molecular formula is C20H15FN4. The summed E-state index contributed by atoms with van der Waals surface area (Å²) in [6.45, 7) is 2.02. The Hall–Kier alpha value is -3.34. The minimum absolute atomic E-state index is 0.297. The maximum Gasteiger partial charge on any atom is 0.187 e. The third-order valence-corrected chi connectivity index (χ3v) is 3.88. The van der Waals surface area contributed by atoms with E-state index in [1.54, 1.807) is 12.1 Å². The van der Waals surface area contributed by atoms with E-state index >= 15 is 0 Å². The normalized spacial score (nSPS) is 11.4. The van der Waals surface area contributed by atoms with Gasteiger partial charge in [-0.25, -0.2) is 9.37 Å². The van der Waals surface area contributed by atoms with E-state index in [1.165, 1.54) is 12.1 Å². The fourth-order valence-electron chi connectivity index (χ4n) is 2.64. The van der Waals surface area contributed by atoms with Gasteiger partial charge in [0.1, 0.15) is 17.2 Å². The molecule has 4 nitrogen and oxygen atoms in total. The van der Waals surface area contributed by atoms with Gasteiger partial charge in [0.05, 0.1) is 5.69 Å². The first-order valence-corrected chi connectivity index (χ1v) is 7.92. The molecule has 0 bridgehead atoms. The second-order valence-corrected chi connectivity index (χ2v) is 5.76. The molecule has 0 aliphatic rings. The molecule has 0 N–H and O–H groups in total. The SMILES string of the molecule is Cc1ccc2nc(-c3ccccc3)c(N=Nc3ccc(F)cc3)n2c1. The summed E-state index contributed by atoms with van der Waals surface area (Å²) < 4.78 is 15.0. The van der Waals surface area contributed by atoms with Gasteiger partial charge in [0.15, 0.2) is 5.82 Å². The van der Waals surface area contributed by atoms with Crippen molar-refractivity contribution in [3.8, 4) is 11.3 Å². The first kappa shape index (κ1) is 15.2. The average molecular weight is 330 g/mol. The first-order chi connectivity index (χ1) is 12.2. The van der Waals surface area contributed by atoms with Gasteiger partial charge in [-0.3, -0.25) is 4.40 Å². The third kappa shape index (κ3) is 3.04. The van der Waals surface area contributed by atoms with Crippen molar-refractivity contribution in [2.45, 2.75) is 6.92 Å². The summed E-state index contributed by atoms with van der Waals surface area (Å²) in [5, 5.41) is 8.67. The molecule has 0 aliphatic heterocycles. The number of fused-ring (bicyclic) bond motifs is 1. The molecule has 4 rings (SSSR count). The monoisotopic (exact) mass is 330 g/mol. The molecule has 0 spiro atoms. The zero-order chi connectivity index (χ0) is 17.2. The van der Waals surface area contributed by atoms with E-state index < -0.39 is 0 Å². The highest BCUT2D eigenvalue weighted by atomic mass is 19.1. The van der Waals surface area contributed by atoms with Gasteiger partial charge >= 0.3 is 0 Å². The van der Waals surface area contributed by atoms with Crippen LogP contribution >= 0.6 is 0 Å². The second kappa shape index (κ2) is 6.28. The molecule has 4 aromatic rings. The Kier molecular flexibility index (Phi) is 3.82. The van der Waals surface area contributed by atoms with Crippen LogP contribution in [0.25, 0.3) is 16.9 Å². The van der Waals surface area contributed by atoms with Crippen LogP contribution in [0.3, 0.4) is 0 Å². The minimum Gasteiger partial charge on any atom is -0.282 e. The number of rotatable bonds is 3. The number of hydrogen-bond acceptors (Lipinski definition) is 3. The lowest BCUT2D eigenvalue weighted by Gasteiger charge is -2.00. The zero-order valence-electron chi connectivity index (χ0n) is 13.6. The van der Waals surface area contributed by atoms with Crippen LogP contribution in [0.4, 0.5) is 15.9 Å². The summed E-state index contributed by atoms with van der Waals surface area (Å²) in [4.78, 5) is 4.70. The van der Waals surface area contributed by atoms with Crippen molar-refractivity contribution in [2.24, 2.45) is 10.2 Å². The quantitative estimate of drug-likeness (QED) is 0.433. The molecule has 122 valence electrons. The predicted octanol–water partition coefficient (Wildman–Crippen LogP) is 5.86. The number of azo groups is 1. The maximum absolute atomic E-state index is 13.1. The molecule has 0 aliphatic carbocycles. The summed E-state index contributed by atoms with van der Waals surface area (Å²) in [6, 6.07) is 19.8. The molecule has 5 heteroatoms. The van der Waals surface area contributed by atoms with E-state index in [4.69, 9.17) is 4.98 Å². The summed E-state index contributed by atoms with van der Waals surface area (Å²) >= 11 is 0. The van der Waals surface area contributed by atoms with Crippen LogP contribution in [0, 0.1) is 12.7 Å². The smallest absolute Gasteiger partial charge is 0.187 e. The highest BCUT2D eigenvalue weighted by Gasteiger charge is 2.13. The van der Waals surface area contributed by atoms with Crippen molar-refractivity contribution < 1.29 is 4.39 Å². The van der Waals surface area contributed by atoms with Crippen LogP contribution < -0.4 is 0 Å². The lowest BCUT2D eigenvalue weighted by atomic mass is 10.1. The Bertz CT molecular complexity index is 1050. The fourth-order valence-corrected chi connectivity index (χ4v) is 2.64. The van der Waals surface area contributed by atoms with Crippen LogP contribution in [0.1, 0.15) is 5.56 Å². The van der Waals surface area contributed by atoms with Crippen molar-refractivity contribution in [1.82, 2.24) is 9.38 Å². The Morgan fingerprint density at radius 2 is 1.64 bits per heavy atom. The number of benzene rings is 2. The molecule has 2 aromatic heterocycles.